The van der Waals surface area contributed by atoms with Crippen molar-refractivity contribution in [2.24, 2.45) is 13.0 Å². The summed E-state index contributed by atoms with van der Waals surface area (Å²) in [4.78, 5) is 11.8. The first-order chi connectivity index (χ1) is 7.25. The normalized spacial score (nSPS) is 17.9. The minimum absolute atomic E-state index is 0.204. The first kappa shape index (κ1) is 10.4. The second-order valence-corrected chi connectivity index (χ2v) is 4.09. The topological polar surface area (TPSA) is 44.1 Å². The summed E-state index contributed by atoms with van der Waals surface area (Å²) in [7, 11) is 1.82. The Morgan fingerprint density at radius 3 is 2.93 bits per heavy atom. The van der Waals surface area contributed by atoms with Gasteiger partial charge in [0, 0.05) is 32.9 Å². The van der Waals surface area contributed by atoms with Crippen molar-refractivity contribution in [3.63, 3.8) is 0 Å². The monoisotopic (exact) mass is 208 g/mol. The summed E-state index contributed by atoms with van der Waals surface area (Å²) in [6.45, 7) is 1.59. The van der Waals surface area contributed by atoms with E-state index in [0.29, 0.717) is 12.3 Å². The second-order valence-electron chi connectivity index (χ2n) is 4.09. The van der Waals surface area contributed by atoms with Crippen LogP contribution in [0.5, 0.6) is 0 Å². The smallest absolute Gasteiger partial charge is 0.166 e. The molecular formula is C11H16N2O2. The van der Waals surface area contributed by atoms with Gasteiger partial charge in [-0.1, -0.05) is 0 Å². The van der Waals surface area contributed by atoms with E-state index < -0.39 is 0 Å². The number of aryl methyl sites for hydroxylation is 1. The fraction of sp³-hybridized carbons (Fsp3) is 0.636. The predicted molar refractivity (Wildman–Crippen MR) is 55.7 cm³/mol. The Hall–Kier alpha value is -1.16. The summed E-state index contributed by atoms with van der Waals surface area (Å²) in [5.41, 5.74) is 0.726. The summed E-state index contributed by atoms with van der Waals surface area (Å²) in [5.74, 6) is 0.696. The number of Topliss-reactive ketones (excluding diaryl/α,β-unsaturated/α-hetero) is 1. The highest BCUT2D eigenvalue weighted by Gasteiger charge is 2.18. The van der Waals surface area contributed by atoms with E-state index in [9.17, 15) is 4.79 Å². The van der Waals surface area contributed by atoms with E-state index in [-0.39, 0.29) is 5.78 Å². The van der Waals surface area contributed by atoms with Crippen LogP contribution in [0, 0.1) is 5.92 Å². The van der Waals surface area contributed by atoms with Crippen molar-refractivity contribution >= 4 is 5.78 Å². The Morgan fingerprint density at radius 2 is 2.33 bits per heavy atom. The van der Waals surface area contributed by atoms with E-state index in [1.807, 2.05) is 7.05 Å². The first-order valence-electron chi connectivity index (χ1n) is 5.35. The van der Waals surface area contributed by atoms with Crippen molar-refractivity contribution in [2.75, 3.05) is 13.2 Å². The highest BCUT2D eigenvalue weighted by atomic mass is 16.5. The third-order valence-electron chi connectivity index (χ3n) is 2.84. The van der Waals surface area contributed by atoms with Crippen LogP contribution in [-0.4, -0.2) is 28.8 Å². The molecule has 15 heavy (non-hydrogen) atoms. The van der Waals surface area contributed by atoms with Crippen LogP contribution in [0.25, 0.3) is 0 Å². The molecule has 4 heteroatoms. The van der Waals surface area contributed by atoms with Crippen LogP contribution in [0.3, 0.4) is 0 Å². The van der Waals surface area contributed by atoms with Crippen LogP contribution in [0.2, 0.25) is 0 Å². The summed E-state index contributed by atoms with van der Waals surface area (Å²) in [6.07, 6.45) is 6.07. The highest BCUT2D eigenvalue weighted by molar-refractivity contribution is 5.95. The number of ketones is 1. The molecule has 0 bridgehead atoms. The third kappa shape index (κ3) is 2.65. The molecule has 4 nitrogen and oxygen atoms in total. The van der Waals surface area contributed by atoms with Crippen LogP contribution in [0.1, 0.15) is 29.6 Å². The largest absolute Gasteiger partial charge is 0.381 e. The summed E-state index contributed by atoms with van der Waals surface area (Å²) in [6, 6.07) is 0. The van der Waals surface area contributed by atoms with Gasteiger partial charge in [-0.05, 0) is 18.8 Å². The summed E-state index contributed by atoms with van der Waals surface area (Å²) >= 11 is 0. The van der Waals surface area contributed by atoms with Gasteiger partial charge in [0.25, 0.3) is 0 Å². The Labute approximate surface area is 89.2 Å². The van der Waals surface area contributed by atoms with Crippen LogP contribution >= 0.6 is 0 Å². The molecule has 0 saturated carbocycles. The number of carbonyl (C=O) groups is 1. The average Bonchev–Trinajstić information content (AvgIpc) is 2.66. The molecule has 0 N–H and O–H groups in total. The van der Waals surface area contributed by atoms with Crippen molar-refractivity contribution in [3.05, 3.63) is 18.0 Å². The molecular weight excluding hydrogens is 192 g/mol. The number of carbonyl (C=O) groups excluding carboxylic acids is 1. The van der Waals surface area contributed by atoms with Gasteiger partial charge in [-0.25, -0.2) is 0 Å². The number of rotatable bonds is 3. The van der Waals surface area contributed by atoms with Gasteiger partial charge in [0.05, 0.1) is 11.8 Å². The lowest BCUT2D eigenvalue weighted by atomic mass is 9.93. The zero-order valence-electron chi connectivity index (χ0n) is 8.98. The molecule has 0 aromatic carbocycles. The van der Waals surface area contributed by atoms with Crippen molar-refractivity contribution < 1.29 is 9.53 Å². The number of hydrogen-bond acceptors (Lipinski definition) is 3. The average molecular weight is 208 g/mol. The molecule has 0 radical (unpaired) electrons. The van der Waals surface area contributed by atoms with E-state index in [4.69, 9.17) is 4.74 Å². The van der Waals surface area contributed by atoms with Gasteiger partial charge in [0.2, 0.25) is 0 Å². The summed E-state index contributed by atoms with van der Waals surface area (Å²) in [5, 5.41) is 4.00. The molecule has 0 unspecified atom stereocenters. The molecule has 0 aliphatic carbocycles. The highest BCUT2D eigenvalue weighted by Crippen LogP contribution is 2.20. The minimum atomic E-state index is 0.204. The molecule has 1 aromatic rings. The molecule has 0 spiro atoms. The minimum Gasteiger partial charge on any atom is -0.381 e. The fourth-order valence-corrected chi connectivity index (χ4v) is 1.90. The van der Waals surface area contributed by atoms with Gasteiger partial charge < -0.3 is 4.74 Å². The van der Waals surface area contributed by atoms with Crippen LogP contribution < -0.4 is 0 Å². The molecule has 2 heterocycles. The molecule has 2 rings (SSSR count). The zero-order valence-corrected chi connectivity index (χ0v) is 8.98. The van der Waals surface area contributed by atoms with Gasteiger partial charge >= 0.3 is 0 Å². The van der Waals surface area contributed by atoms with Crippen molar-refractivity contribution in [1.29, 1.82) is 0 Å². The lowest BCUT2D eigenvalue weighted by Gasteiger charge is -2.20. The molecule has 1 saturated heterocycles. The molecule has 1 aliphatic heterocycles. The maximum absolute atomic E-state index is 11.8. The van der Waals surface area contributed by atoms with Gasteiger partial charge in [-0.2, -0.15) is 5.10 Å². The Bertz CT molecular complexity index is 340. The number of ether oxygens (including phenoxy) is 1. The number of hydrogen-bond donors (Lipinski definition) is 0. The fourth-order valence-electron chi connectivity index (χ4n) is 1.90. The van der Waals surface area contributed by atoms with Crippen LogP contribution in [-0.2, 0) is 11.8 Å². The van der Waals surface area contributed by atoms with E-state index in [2.05, 4.69) is 5.10 Å². The SMILES string of the molecule is Cn1cc(C(=O)CC2CCOCC2)cn1. The van der Waals surface area contributed by atoms with Gasteiger partial charge in [-0.15, -0.1) is 0 Å². The van der Waals surface area contributed by atoms with Crippen molar-refractivity contribution in [2.45, 2.75) is 19.3 Å². The molecule has 1 fully saturated rings. The lowest BCUT2D eigenvalue weighted by Crippen LogP contribution is -2.18. The molecule has 1 aliphatic rings. The van der Waals surface area contributed by atoms with Gasteiger partial charge in [0.15, 0.2) is 5.78 Å². The van der Waals surface area contributed by atoms with E-state index in [0.717, 1.165) is 31.6 Å². The summed E-state index contributed by atoms with van der Waals surface area (Å²) < 4.78 is 6.93. The zero-order chi connectivity index (χ0) is 10.7. The molecule has 0 atom stereocenters. The van der Waals surface area contributed by atoms with E-state index in [1.165, 1.54) is 0 Å². The van der Waals surface area contributed by atoms with Crippen molar-refractivity contribution in [1.82, 2.24) is 9.78 Å². The van der Waals surface area contributed by atoms with E-state index >= 15 is 0 Å². The molecule has 82 valence electrons. The quantitative estimate of drug-likeness (QED) is 0.706. The number of aromatic nitrogens is 2. The standard InChI is InChI=1S/C11H16N2O2/c1-13-8-10(7-12-13)11(14)6-9-2-4-15-5-3-9/h7-9H,2-6H2,1H3. The Kier molecular flexibility index (Phi) is 3.16. The predicted octanol–water partition coefficient (Wildman–Crippen LogP) is 1.42. The van der Waals surface area contributed by atoms with Crippen molar-refractivity contribution in [3.8, 4) is 0 Å². The maximum atomic E-state index is 11.8. The first-order valence-corrected chi connectivity index (χ1v) is 5.35. The van der Waals surface area contributed by atoms with E-state index in [1.54, 1.807) is 17.1 Å². The maximum Gasteiger partial charge on any atom is 0.166 e. The Balaban J connectivity index is 1.91. The lowest BCUT2D eigenvalue weighted by molar-refractivity contribution is 0.0601. The van der Waals surface area contributed by atoms with Gasteiger partial charge in [0.1, 0.15) is 0 Å². The number of nitrogens with zero attached hydrogens (tertiary/aromatic N) is 2. The van der Waals surface area contributed by atoms with Gasteiger partial charge in [-0.3, -0.25) is 9.48 Å². The third-order valence-corrected chi connectivity index (χ3v) is 2.84. The molecule has 0 amide bonds. The molecule has 1 aromatic heterocycles. The Morgan fingerprint density at radius 1 is 1.60 bits per heavy atom. The van der Waals surface area contributed by atoms with Crippen LogP contribution in [0.4, 0.5) is 0 Å². The van der Waals surface area contributed by atoms with Crippen LogP contribution in [0.15, 0.2) is 12.4 Å². The second kappa shape index (κ2) is 4.57.